The SMILES string of the molecule is Nc1ccc(-c2nc(-c3ccc4ccccc4c3)nc(C3C=c4ccccc4=CC3)n2)cc1. The van der Waals surface area contributed by atoms with E-state index >= 15 is 0 Å². The fraction of sp³-hybridized carbons (Fsp3) is 0.0690. The van der Waals surface area contributed by atoms with Crippen molar-refractivity contribution in [3.8, 4) is 22.8 Å². The first-order valence-electron chi connectivity index (χ1n) is 11.1. The molecule has 6 rings (SSSR count). The van der Waals surface area contributed by atoms with Crippen LogP contribution in [0.5, 0.6) is 0 Å². The highest BCUT2D eigenvalue weighted by molar-refractivity contribution is 5.86. The zero-order chi connectivity index (χ0) is 22.2. The highest BCUT2D eigenvalue weighted by atomic mass is 15.0. The fourth-order valence-electron chi connectivity index (χ4n) is 4.34. The van der Waals surface area contributed by atoms with Gasteiger partial charge in [0, 0.05) is 22.7 Å². The minimum Gasteiger partial charge on any atom is -0.399 e. The summed E-state index contributed by atoms with van der Waals surface area (Å²) in [5, 5.41) is 4.84. The maximum Gasteiger partial charge on any atom is 0.163 e. The molecule has 2 N–H and O–H groups in total. The first kappa shape index (κ1) is 19.4. The summed E-state index contributed by atoms with van der Waals surface area (Å²) in [7, 11) is 0. The molecule has 1 aliphatic carbocycles. The average Bonchev–Trinajstić information content (AvgIpc) is 2.88. The van der Waals surface area contributed by atoms with E-state index in [2.05, 4.69) is 78.9 Å². The van der Waals surface area contributed by atoms with Gasteiger partial charge in [0.15, 0.2) is 11.6 Å². The van der Waals surface area contributed by atoms with E-state index in [1.54, 1.807) is 0 Å². The van der Waals surface area contributed by atoms with Crippen molar-refractivity contribution in [2.45, 2.75) is 12.3 Å². The largest absolute Gasteiger partial charge is 0.399 e. The van der Waals surface area contributed by atoms with Crippen LogP contribution in [0.3, 0.4) is 0 Å². The second-order valence-corrected chi connectivity index (χ2v) is 8.37. The molecule has 1 atom stereocenters. The van der Waals surface area contributed by atoms with Crippen LogP contribution in [0.4, 0.5) is 5.69 Å². The van der Waals surface area contributed by atoms with Gasteiger partial charge in [-0.05, 0) is 58.0 Å². The number of hydrogen-bond donors (Lipinski definition) is 1. The molecule has 0 amide bonds. The number of anilines is 1. The maximum absolute atomic E-state index is 5.91. The molecule has 0 saturated carbocycles. The number of nitrogens with two attached hydrogens (primary N) is 1. The number of hydrogen-bond acceptors (Lipinski definition) is 4. The van der Waals surface area contributed by atoms with Crippen LogP contribution >= 0.6 is 0 Å². The molecule has 1 heterocycles. The Morgan fingerprint density at radius 2 is 1.30 bits per heavy atom. The van der Waals surface area contributed by atoms with E-state index < -0.39 is 0 Å². The molecular formula is C29H22N4. The molecule has 4 nitrogen and oxygen atoms in total. The summed E-state index contributed by atoms with van der Waals surface area (Å²) in [4.78, 5) is 14.7. The van der Waals surface area contributed by atoms with E-state index in [4.69, 9.17) is 20.7 Å². The number of benzene rings is 4. The minimum atomic E-state index is 0.0923. The van der Waals surface area contributed by atoms with Crippen molar-refractivity contribution in [2.75, 3.05) is 5.73 Å². The van der Waals surface area contributed by atoms with Gasteiger partial charge in [0.2, 0.25) is 0 Å². The third-order valence-electron chi connectivity index (χ3n) is 6.13. The topological polar surface area (TPSA) is 64.7 Å². The Hall–Kier alpha value is -4.31. The van der Waals surface area contributed by atoms with Gasteiger partial charge in [-0.2, -0.15) is 0 Å². The van der Waals surface area contributed by atoms with Crippen LogP contribution in [0.1, 0.15) is 18.2 Å². The van der Waals surface area contributed by atoms with Gasteiger partial charge in [0.05, 0.1) is 0 Å². The van der Waals surface area contributed by atoms with Crippen molar-refractivity contribution >= 4 is 28.6 Å². The monoisotopic (exact) mass is 426 g/mol. The molecule has 1 aromatic heterocycles. The summed E-state index contributed by atoms with van der Waals surface area (Å²) in [5.41, 5.74) is 8.53. The first-order valence-corrected chi connectivity index (χ1v) is 11.1. The fourth-order valence-corrected chi connectivity index (χ4v) is 4.34. The quantitative estimate of drug-likeness (QED) is 0.425. The van der Waals surface area contributed by atoms with Crippen LogP contribution in [-0.2, 0) is 0 Å². The van der Waals surface area contributed by atoms with Crippen LogP contribution in [0.2, 0.25) is 0 Å². The molecule has 0 bridgehead atoms. The zero-order valence-corrected chi connectivity index (χ0v) is 18.0. The lowest BCUT2D eigenvalue weighted by Crippen LogP contribution is -2.28. The van der Waals surface area contributed by atoms with Crippen molar-refractivity contribution in [1.82, 2.24) is 15.0 Å². The third-order valence-corrected chi connectivity index (χ3v) is 6.13. The molecule has 158 valence electrons. The number of nitrogen functional groups attached to an aromatic ring is 1. The van der Waals surface area contributed by atoms with Crippen molar-refractivity contribution < 1.29 is 0 Å². The van der Waals surface area contributed by atoms with E-state index in [0.717, 1.165) is 34.4 Å². The van der Waals surface area contributed by atoms with Gasteiger partial charge < -0.3 is 5.73 Å². The molecule has 4 heteroatoms. The number of fused-ring (bicyclic) bond motifs is 2. The Morgan fingerprint density at radius 3 is 2.12 bits per heavy atom. The van der Waals surface area contributed by atoms with Crippen LogP contribution in [0.25, 0.3) is 45.7 Å². The molecule has 5 aromatic rings. The number of aromatic nitrogens is 3. The Morgan fingerprint density at radius 1 is 0.636 bits per heavy atom. The van der Waals surface area contributed by atoms with Crippen LogP contribution in [0, 0.1) is 0 Å². The summed E-state index contributed by atoms with van der Waals surface area (Å²) in [6, 6.07) is 30.8. The van der Waals surface area contributed by atoms with Crippen molar-refractivity contribution in [1.29, 1.82) is 0 Å². The molecule has 0 saturated heterocycles. The van der Waals surface area contributed by atoms with E-state index in [0.29, 0.717) is 11.6 Å². The smallest absolute Gasteiger partial charge is 0.163 e. The molecule has 0 fully saturated rings. The lowest BCUT2D eigenvalue weighted by Gasteiger charge is -2.15. The molecule has 1 aliphatic rings. The summed E-state index contributed by atoms with van der Waals surface area (Å²) in [6.45, 7) is 0. The Balaban J connectivity index is 1.52. The average molecular weight is 427 g/mol. The predicted octanol–water partition coefficient (Wildman–Crippen LogP) is 4.69. The van der Waals surface area contributed by atoms with Crippen molar-refractivity contribution in [2.24, 2.45) is 0 Å². The Labute approximate surface area is 191 Å². The summed E-state index contributed by atoms with van der Waals surface area (Å²) in [6.07, 6.45) is 5.39. The van der Waals surface area contributed by atoms with Gasteiger partial charge in [0.25, 0.3) is 0 Å². The highest BCUT2D eigenvalue weighted by Crippen LogP contribution is 2.28. The van der Waals surface area contributed by atoms with Crippen molar-refractivity contribution in [3.05, 3.63) is 107 Å². The van der Waals surface area contributed by atoms with Gasteiger partial charge in [0.1, 0.15) is 5.82 Å². The van der Waals surface area contributed by atoms with Gasteiger partial charge in [-0.3, -0.25) is 0 Å². The first-order chi connectivity index (χ1) is 16.2. The molecule has 0 spiro atoms. The van der Waals surface area contributed by atoms with Crippen LogP contribution < -0.4 is 16.2 Å². The minimum absolute atomic E-state index is 0.0923. The summed E-state index contributed by atoms with van der Waals surface area (Å²) >= 11 is 0. The van der Waals surface area contributed by atoms with Crippen molar-refractivity contribution in [3.63, 3.8) is 0 Å². The summed E-state index contributed by atoms with van der Waals surface area (Å²) < 4.78 is 0. The van der Waals surface area contributed by atoms with Gasteiger partial charge >= 0.3 is 0 Å². The second-order valence-electron chi connectivity index (χ2n) is 8.37. The molecule has 0 radical (unpaired) electrons. The lowest BCUT2D eigenvalue weighted by molar-refractivity contribution is 0.808. The molecule has 33 heavy (non-hydrogen) atoms. The normalized spacial score (nSPS) is 14.8. The van der Waals surface area contributed by atoms with E-state index in [9.17, 15) is 0 Å². The van der Waals surface area contributed by atoms with Gasteiger partial charge in [-0.1, -0.05) is 72.8 Å². The van der Waals surface area contributed by atoms with E-state index in [1.807, 2.05) is 24.3 Å². The number of rotatable bonds is 3. The Bertz CT molecular complexity index is 1600. The maximum atomic E-state index is 5.91. The second kappa shape index (κ2) is 7.99. The number of nitrogens with zero attached hydrogens (tertiary/aromatic N) is 3. The zero-order valence-electron chi connectivity index (χ0n) is 18.0. The van der Waals surface area contributed by atoms with Gasteiger partial charge in [-0.15, -0.1) is 0 Å². The van der Waals surface area contributed by atoms with Crippen LogP contribution in [-0.4, -0.2) is 15.0 Å². The molecule has 0 aliphatic heterocycles. The van der Waals surface area contributed by atoms with Crippen LogP contribution in [0.15, 0.2) is 91.0 Å². The lowest BCUT2D eigenvalue weighted by atomic mass is 9.96. The van der Waals surface area contributed by atoms with E-state index in [1.165, 1.54) is 15.8 Å². The standard InChI is InChI=1S/C29H22N4/c30-26-15-13-21(14-16-26)27-31-28(24-11-9-19-5-1-3-7-22(19)17-24)33-29(32-27)25-12-10-20-6-2-4-8-23(20)18-25/h1-11,13-18,25H,12,30H2. The third kappa shape index (κ3) is 3.76. The molecular weight excluding hydrogens is 404 g/mol. The van der Waals surface area contributed by atoms with Gasteiger partial charge in [-0.25, -0.2) is 15.0 Å². The summed E-state index contributed by atoms with van der Waals surface area (Å²) in [5.74, 6) is 2.22. The molecule has 4 aromatic carbocycles. The Kier molecular flexibility index (Phi) is 4.69. The predicted molar refractivity (Wildman–Crippen MR) is 135 cm³/mol. The molecule has 1 unspecified atom stereocenters. The van der Waals surface area contributed by atoms with E-state index in [-0.39, 0.29) is 5.92 Å². The highest BCUT2D eigenvalue weighted by Gasteiger charge is 2.18.